The third kappa shape index (κ3) is 2.94. The Bertz CT molecular complexity index is 910. The van der Waals surface area contributed by atoms with E-state index in [2.05, 4.69) is 33.0 Å². The molecule has 0 saturated carbocycles. The minimum Gasteiger partial charge on any atom is -0.359 e. The molecular weight excluding hydrogens is 331 g/mol. The van der Waals surface area contributed by atoms with Crippen molar-refractivity contribution in [3.05, 3.63) is 60.3 Å². The zero-order chi connectivity index (χ0) is 18.1. The van der Waals surface area contributed by atoms with E-state index in [4.69, 9.17) is 0 Å². The highest BCUT2D eigenvalue weighted by Crippen LogP contribution is 2.21. The van der Waals surface area contributed by atoms with E-state index in [1.54, 1.807) is 18.5 Å². The fourth-order valence-corrected chi connectivity index (χ4v) is 3.45. The van der Waals surface area contributed by atoms with Crippen molar-refractivity contribution in [3.8, 4) is 11.5 Å². The highest BCUT2D eigenvalue weighted by atomic mass is 19.1. The van der Waals surface area contributed by atoms with E-state index in [0.717, 1.165) is 25.3 Å². The molecule has 0 spiro atoms. The number of quaternary nitrogens is 1. The molecule has 1 N–H and O–H groups in total. The van der Waals surface area contributed by atoms with Gasteiger partial charge in [-0.3, -0.25) is 0 Å². The lowest BCUT2D eigenvalue weighted by Crippen LogP contribution is -3.08. The average molecular weight is 353 g/mol. The number of nitrogens with one attached hydrogen (secondary N) is 1. The van der Waals surface area contributed by atoms with Crippen LogP contribution in [-0.4, -0.2) is 38.4 Å². The van der Waals surface area contributed by atoms with E-state index in [-0.39, 0.29) is 11.5 Å². The molecular formula is C19H22FN6+. The van der Waals surface area contributed by atoms with Gasteiger partial charge in [0.25, 0.3) is 0 Å². The number of aliphatic imine (C=N–C) groups is 1. The van der Waals surface area contributed by atoms with Gasteiger partial charge in [-0.25, -0.2) is 24.3 Å². The molecule has 1 atom stereocenters. The number of aromatic nitrogens is 3. The zero-order valence-electron chi connectivity index (χ0n) is 15.0. The Balaban J connectivity index is 1.67. The van der Waals surface area contributed by atoms with Crippen LogP contribution < -0.4 is 4.90 Å². The molecule has 0 saturated heterocycles. The zero-order valence-corrected chi connectivity index (χ0v) is 15.0. The molecule has 0 aromatic carbocycles. The lowest BCUT2D eigenvalue weighted by molar-refractivity contribution is -0.703. The molecule has 1 unspecified atom stereocenters. The van der Waals surface area contributed by atoms with Gasteiger partial charge in [-0.15, -0.1) is 0 Å². The lowest BCUT2D eigenvalue weighted by Gasteiger charge is -2.32. The van der Waals surface area contributed by atoms with Crippen LogP contribution in [-0.2, 0) is 6.54 Å². The number of pyridine rings is 1. The highest BCUT2D eigenvalue weighted by molar-refractivity contribution is 5.74. The van der Waals surface area contributed by atoms with Crippen molar-refractivity contribution in [1.29, 1.82) is 0 Å². The maximum absolute atomic E-state index is 14.2. The first-order valence-electron chi connectivity index (χ1n) is 8.86. The molecule has 134 valence electrons. The Morgan fingerprint density at radius 1 is 1.27 bits per heavy atom. The summed E-state index contributed by atoms with van der Waals surface area (Å²) in [6, 6.07) is 3.00. The number of amidine groups is 1. The van der Waals surface area contributed by atoms with Gasteiger partial charge < -0.3 is 9.47 Å². The summed E-state index contributed by atoms with van der Waals surface area (Å²) in [6.07, 6.45) is 10.4. The molecule has 2 aromatic rings. The summed E-state index contributed by atoms with van der Waals surface area (Å²) >= 11 is 0. The number of hydrogen-bond acceptors (Lipinski definition) is 4. The normalized spacial score (nSPS) is 19.1. The van der Waals surface area contributed by atoms with E-state index in [1.165, 1.54) is 22.4 Å². The number of nitrogens with zero attached hydrogens (tertiary/aromatic N) is 5. The Hall–Kier alpha value is -2.80. The molecule has 4 rings (SSSR count). The molecule has 0 radical (unpaired) electrons. The summed E-state index contributed by atoms with van der Waals surface area (Å²) in [4.78, 5) is 16.5. The van der Waals surface area contributed by atoms with Crippen LogP contribution in [0.3, 0.4) is 0 Å². The van der Waals surface area contributed by atoms with E-state index in [1.807, 2.05) is 23.9 Å². The van der Waals surface area contributed by atoms with E-state index >= 15 is 0 Å². The van der Waals surface area contributed by atoms with Crippen molar-refractivity contribution < 1.29 is 9.29 Å². The topological polar surface area (TPSA) is 50.8 Å². The molecule has 0 amide bonds. The summed E-state index contributed by atoms with van der Waals surface area (Å²) in [5, 5.41) is 0. The number of imidazole rings is 1. The fraction of sp³-hybridized carbons (Fsp3) is 0.316. The fourth-order valence-electron chi connectivity index (χ4n) is 3.45. The van der Waals surface area contributed by atoms with E-state index in [9.17, 15) is 4.39 Å². The summed E-state index contributed by atoms with van der Waals surface area (Å²) < 4.78 is 16.1. The monoisotopic (exact) mass is 353 g/mol. The summed E-state index contributed by atoms with van der Waals surface area (Å²) in [5.41, 5.74) is 2.73. The first-order valence-corrected chi connectivity index (χ1v) is 8.86. The third-order valence-corrected chi connectivity index (χ3v) is 4.74. The Morgan fingerprint density at radius 3 is 2.96 bits per heavy atom. The number of allylic oxidation sites excluding steroid dienone is 1. The van der Waals surface area contributed by atoms with Crippen molar-refractivity contribution in [2.45, 2.75) is 26.8 Å². The van der Waals surface area contributed by atoms with Crippen molar-refractivity contribution in [3.63, 3.8) is 0 Å². The largest absolute Gasteiger partial charge is 0.359 e. The molecule has 0 fully saturated rings. The molecule has 6 nitrogen and oxygen atoms in total. The molecule has 2 aromatic heterocycles. The van der Waals surface area contributed by atoms with Crippen LogP contribution in [0, 0.1) is 5.82 Å². The molecule has 2 aliphatic rings. The number of halogens is 1. The quantitative estimate of drug-likeness (QED) is 0.892. The van der Waals surface area contributed by atoms with Crippen molar-refractivity contribution in [1.82, 2.24) is 19.4 Å². The summed E-state index contributed by atoms with van der Waals surface area (Å²) in [7, 11) is 0. The molecule has 2 aliphatic heterocycles. The van der Waals surface area contributed by atoms with Gasteiger partial charge in [-0.1, -0.05) is 6.92 Å². The number of hydrogen-bond donors (Lipinski definition) is 1. The Labute approximate surface area is 152 Å². The minimum atomic E-state index is -0.360. The maximum Gasteiger partial charge on any atom is 0.207 e. The maximum atomic E-state index is 14.2. The van der Waals surface area contributed by atoms with Gasteiger partial charge in [0.1, 0.15) is 11.9 Å². The number of fused-ring (bicyclic) bond motifs is 1. The number of rotatable bonds is 5. The summed E-state index contributed by atoms with van der Waals surface area (Å²) in [5.74, 6) is 1.24. The van der Waals surface area contributed by atoms with Gasteiger partial charge in [0.15, 0.2) is 17.3 Å². The molecule has 4 heterocycles. The van der Waals surface area contributed by atoms with E-state index in [0.29, 0.717) is 12.4 Å². The minimum absolute atomic E-state index is 0.280. The average Bonchev–Trinajstić information content (AvgIpc) is 3.23. The van der Waals surface area contributed by atoms with Crippen LogP contribution in [0.2, 0.25) is 0 Å². The second-order valence-corrected chi connectivity index (χ2v) is 6.55. The molecule has 7 heteroatoms. The third-order valence-electron chi connectivity index (χ3n) is 4.74. The Morgan fingerprint density at radius 2 is 2.15 bits per heavy atom. The van der Waals surface area contributed by atoms with Crippen molar-refractivity contribution >= 4 is 5.84 Å². The second kappa shape index (κ2) is 6.84. The molecule has 0 aliphatic carbocycles. The SMILES string of the molecule is CCCN1CC2=CN=C(C)[NH+]2C=C1Cn1ccnc1-c1ncccc1F. The second-order valence-electron chi connectivity index (χ2n) is 6.55. The van der Waals surface area contributed by atoms with Crippen molar-refractivity contribution in [2.24, 2.45) is 4.99 Å². The van der Waals surface area contributed by atoms with Crippen LogP contribution in [0.5, 0.6) is 0 Å². The highest BCUT2D eigenvalue weighted by Gasteiger charge is 2.31. The van der Waals surface area contributed by atoms with Crippen LogP contribution in [0.4, 0.5) is 4.39 Å². The molecule has 0 bridgehead atoms. The standard InChI is InChI=1S/C19H21FN6/c1-3-8-24-11-15-10-23-14(2)26(15)13-16(24)12-25-9-7-22-19(25)18-17(20)5-4-6-21-18/h4-7,9-10,13H,3,8,11-12H2,1-2H3/p+1. The molecule has 26 heavy (non-hydrogen) atoms. The van der Waals surface area contributed by atoms with Crippen molar-refractivity contribution in [2.75, 3.05) is 13.1 Å². The predicted octanol–water partition coefficient (Wildman–Crippen LogP) is 1.81. The van der Waals surface area contributed by atoms with Gasteiger partial charge in [0, 0.05) is 32.1 Å². The van der Waals surface area contributed by atoms with Gasteiger partial charge in [-0.05, 0) is 18.6 Å². The van der Waals surface area contributed by atoms with Crippen LogP contribution in [0.1, 0.15) is 20.3 Å². The van der Waals surface area contributed by atoms with Gasteiger partial charge in [0.2, 0.25) is 5.84 Å². The van der Waals surface area contributed by atoms with Gasteiger partial charge in [0.05, 0.1) is 25.0 Å². The van der Waals surface area contributed by atoms with Crippen LogP contribution in [0.25, 0.3) is 11.5 Å². The van der Waals surface area contributed by atoms with Gasteiger partial charge >= 0.3 is 0 Å². The van der Waals surface area contributed by atoms with Crippen LogP contribution >= 0.6 is 0 Å². The predicted molar refractivity (Wildman–Crippen MR) is 97.5 cm³/mol. The Kier molecular flexibility index (Phi) is 4.38. The van der Waals surface area contributed by atoms with E-state index < -0.39 is 0 Å². The summed E-state index contributed by atoms with van der Waals surface area (Å²) in [6.45, 7) is 6.66. The lowest BCUT2D eigenvalue weighted by atomic mass is 10.2. The smallest absolute Gasteiger partial charge is 0.207 e. The van der Waals surface area contributed by atoms with Crippen LogP contribution in [0.15, 0.2) is 59.5 Å². The first kappa shape index (κ1) is 16.7. The van der Waals surface area contributed by atoms with Gasteiger partial charge in [-0.2, -0.15) is 0 Å². The first-order chi connectivity index (χ1) is 12.7.